The molecule has 0 N–H and O–H groups in total. The number of hydrogen-bond acceptors (Lipinski definition) is 3. The molecule has 0 aliphatic rings. The summed E-state index contributed by atoms with van der Waals surface area (Å²) in [6.07, 6.45) is 7.94. The first-order chi connectivity index (χ1) is 11.4. The lowest BCUT2D eigenvalue weighted by Crippen LogP contribution is -2.17. The average molecular weight is 462 g/mol. The van der Waals surface area contributed by atoms with E-state index in [2.05, 4.69) is 38.8 Å². The van der Waals surface area contributed by atoms with E-state index in [1.165, 1.54) is 32.6 Å². The number of ketones is 1. The van der Waals surface area contributed by atoms with Gasteiger partial charge < -0.3 is 4.74 Å². The highest BCUT2D eigenvalue weighted by molar-refractivity contribution is 9.10. The largest absolute Gasteiger partial charge is 0.425 e. The molecule has 1 rings (SSSR count). The number of Topliss-reactive ketones (excluding diaryl/α,β-unsaturated/α-hetero) is 1. The van der Waals surface area contributed by atoms with Gasteiger partial charge in [-0.1, -0.05) is 61.4 Å². The zero-order chi connectivity index (χ0) is 18.1. The van der Waals surface area contributed by atoms with Crippen molar-refractivity contribution >= 4 is 43.6 Å². The minimum absolute atomic E-state index is 0.0378. The number of benzene rings is 1. The zero-order valence-electron chi connectivity index (χ0n) is 14.7. The molecule has 134 valence electrons. The van der Waals surface area contributed by atoms with E-state index in [-0.39, 0.29) is 10.6 Å². The number of ether oxygens (including phenoxy) is 1. The lowest BCUT2D eigenvalue weighted by molar-refractivity contribution is -0.131. The molecule has 0 aliphatic carbocycles. The van der Waals surface area contributed by atoms with Crippen molar-refractivity contribution in [2.24, 2.45) is 0 Å². The molecule has 0 saturated carbocycles. The summed E-state index contributed by atoms with van der Waals surface area (Å²) in [5.41, 5.74) is 1.39. The Morgan fingerprint density at radius 3 is 2.38 bits per heavy atom. The molecule has 0 fully saturated rings. The second-order valence-electron chi connectivity index (χ2n) is 6.11. The van der Waals surface area contributed by atoms with Gasteiger partial charge in [0.25, 0.3) is 0 Å². The fourth-order valence-corrected chi connectivity index (χ4v) is 3.79. The molecule has 1 aromatic carbocycles. The molecule has 0 bridgehead atoms. The number of unbranched alkanes of at least 4 members (excludes halogenated alkanes) is 5. The van der Waals surface area contributed by atoms with E-state index < -0.39 is 5.97 Å². The molecule has 0 aliphatic heterocycles. The van der Waals surface area contributed by atoms with Gasteiger partial charge >= 0.3 is 5.97 Å². The van der Waals surface area contributed by atoms with Gasteiger partial charge in [0, 0.05) is 6.92 Å². The highest BCUT2D eigenvalue weighted by atomic mass is 79.9. The number of alkyl halides is 1. The van der Waals surface area contributed by atoms with Crippen molar-refractivity contribution in [1.29, 1.82) is 0 Å². The van der Waals surface area contributed by atoms with Gasteiger partial charge in [-0.05, 0) is 47.0 Å². The Morgan fingerprint density at radius 2 is 1.75 bits per heavy atom. The van der Waals surface area contributed by atoms with Crippen molar-refractivity contribution in [3.8, 4) is 5.75 Å². The maximum atomic E-state index is 12.8. The number of carbonyl (C=O) groups excluding carboxylic acids is 2. The molecule has 3 nitrogen and oxygen atoms in total. The van der Waals surface area contributed by atoms with Crippen molar-refractivity contribution in [2.75, 3.05) is 0 Å². The molecule has 1 atom stereocenters. The van der Waals surface area contributed by atoms with Crippen LogP contribution in [0.2, 0.25) is 0 Å². The van der Waals surface area contributed by atoms with Gasteiger partial charge in [0.15, 0.2) is 11.5 Å². The van der Waals surface area contributed by atoms with Crippen LogP contribution >= 0.6 is 31.9 Å². The topological polar surface area (TPSA) is 43.4 Å². The maximum Gasteiger partial charge on any atom is 0.308 e. The number of aryl methyl sites for hydroxylation is 1. The summed E-state index contributed by atoms with van der Waals surface area (Å²) >= 11 is 6.89. The third kappa shape index (κ3) is 7.06. The van der Waals surface area contributed by atoms with Crippen LogP contribution in [0.4, 0.5) is 0 Å². The van der Waals surface area contributed by atoms with Crippen LogP contribution in [0, 0.1) is 6.92 Å². The van der Waals surface area contributed by atoms with Gasteiger partial charge in [-0.15, -0.1) is 0 Å². The van der Waals surface area contributed by atoms with Gasteiger partial charge in [-0.3, -0.25) is 9.59 Å². The Labute approximate surface area is 161 Å². The lowest BCUT2D eigenvalue weighted by atomic mass is 10.0. The van der Waals surface area contributed by atoms with E-state index in [4.69, 9.17) is 4.74 Å². The standard InChI is InChI=1S/C19H26Br2O3/c1-4-5-6-7-8-9-10-16(20)18(23)15-11-13(2)12-17(21)19(15)24-14(3)22/h11-12,16H,4-10H2,1-3H3. The summed E-state index contributed by atoms with van der Waals surface area (Å²) in [4.78, 5) is 23.8. The first-order valence-corrected chi connectivity index (χ1v) is 10.2. The predicted molar refractivity (Wildman–Crippen MR) is 105 cm³/mol. The first-order valence-electron chi connectivity index (χ1n) is 8.53. The van der Waals surface area contributed by atoms with E-state index in [0.29, 0.717) is 15.8 Å². The van der Waals surface area contributed by atoms with Gasteiger partial charge in [0.1, 0.15) is 0 Å². The van der Waals surface area contributed by atoms with Crippen LogP contribution in [0.15, 0.2) is 16.6 Å². The van der Waals surface area contributed by atoms with Crippen LogP contribution in [0.1, 0.15) is 74.7 Å². The van der Waals surface area contributed by atoms with E-state index >= 15 is 0 Å². The van der Waals surface area contributed by atoms with Crippen LogP contribution in [0.25, 0.3) is 0 Å². The SMILES string of the molecule is CCCCCCCCC(Br)C(=O)c1cc(C)cc(Br)c1OC(C)=O. The summed E-state index contributed by atoms with van der Waals surface area (Å²) in [6, 6.07) is 3.62. The van der Waals surface area contributed by atoms with Gasteiger partial charge in [0.05, 0.1) is 14.9 Å². The van der Waals surface area contributed by atoms with Crippen LogP contribution in [-0.4, -0.2) is 16.6 Å². The summed E-state index contributed by atoms with van der Waals surface area (Å²) in [7, 11) is 0. The number of carbonyl (C=O) groups is 2. The molecule has 0 radical (unpaired) electrons. The van der Waals surface area contributed by atoms with Crippen molar-refractivity contribution in [3.63, 3.8) is 0 Å². The minimum atomic E-state index is -0.435. The smallest absolute Gasteiger partial charge is 0.308 e. The predicted octanol–water partition coefficient (Wildman–Crippen LogP) is 6.38. The maximum absolute atomic E-state index is 12.8. The number of halogens is 2. The van der Waals surface area contributed by atoms with E-state index in [1.54, 1.807) is 6.07 Å². The van der Waals surface area contributed by atoms with E-state index in [0.717, 1.165) is 24.8 Å². The Morgan fingerprint density at radius 1 is 1.12 bits per heavy atom. The molecule has 0 amide bonds. The average Bonchev–Trinajstić information content (AvgIpc) is 2.51. The summed E-state index contributed by atoms with van der Waals surface area (Å²) in [5, 5.41) is 0. The Hall–Kier alpha value is -0.680. The summed E-state index contributed by atoms with van der Waals surface area (Å²) in [6.45, 7) is 5.45. The lowest BCUT2D eigenvalue weighted by Gasteiger charge is -2.14. The van der Waals surface area contributed by atoms with Crippen LogP contribution < -0.4 is 4.74 Å². The Kier molecular flexibility index (Phi) is 9.82. The minimum Gasteiger partial charge on any atom is -0.425 e. The van der Waals surface area contributed by atoms with Crippen LogP contribution in [0.5, 0.6) is 5.75 Å². The normalized spacial score (nSPS) is 12.0. The van der Waals surface area contributed by atoms with E-state index in [9.17, 15) is 9.59 Å². The molecule has 24 heavy (non-hydrogen) atoms. The molecule has 0 saturated heterocycles. The van der Waals surface area contributed by atoms with E-state index in [1.807, 2.05) is 13.0 Å². The monoisotopic (exact) mass is 460 g/mol. The van der Waals surface area contributed by atoms with Crippen LogP contribution in [0.3, 0.4) is 0 Å². The number of rotatable bonds is 10. The van der Waals surface area contributed by atoms with Crippen molar-refractivity contribution in [3.05, 3.63) is 27.7 Å². The quantitative estimate of drug-likeness (QED) is 0.133. The molecular weight excluding hydrogens is 436 g/mol. The molecule has 5 heteroatoms. The molecular formula is C19H26Br2O3. The highest BCUT2D eigenvalue weighted by Crippen LogP contribution is 2.33. The molecule has 1 aromatic rings. The third-order valence-corrected chi connectivity index (χ3v) is 5.26. The fraction of sp³-hybridized carbons (Fsp3) is 0.579. The van der Waals surface area contributed by atoms with Gasteiger partial charge in [0.2, 0.25) is 0 Å². The summed E-state index contributed by atoms with van der Waals surface area (Å²) < 4.78 is 5.87. The summed E-state index contributed by atoms with van der Waals surface area (Å²) in [5.74, 6) is -0.162. The Bertz CT molecular complexity index is 570. The number of esters is 1. The fourth-order valence-electron chi connectivity index (χ4n) is 2.56. The van der Waals surface area contributed by atoms with Crippen molar-refractivity contribution in [2.45, 2.75) is 70.5 Å². The Balaban J connectivity index is 2.73. The molecule has 1 unspecified atom stereocenters. The van der Waals surface area contributed by atoms with Crippen molar-refractivity contribution < 1.29 is 14.3 Å². The second-order valence-corrected chi connectivity index (χ2v) is 8.06. The zero-order valence-corrected chi connectivity index (χ0v) is 17.8. The third-order valence-electron chi connectivity index (χ3n) is 3.79. The second kappa shape index (κ2) is 11.0. The molecule has 0 aromatic heterocycles. The van der Waals surface area contributed by atoms with Crippen molar-refractivity contribution in [1.82, 2.24) is 0 Å². The van der Waals surface area contributed by atoms with Gasteiger partial charge in [-0.25, -0.2) is 0 Å². The van der Waals surface area contributed by atoms with Gasteiger partial charge in [-0.2, -0.15) is 0 Å². The first kappa shape index (κ1) is 21.4. The molecule has 0 heterocycles. The van der Waals surface area contributed by atoms with Crippen LogP contribution in [-0.2, 0) is 4.79 Å². The molecule has 0 spiro atoms. The number of hydrogen-bond donors (Lipinski definition) is 0. The highest BCUT2D eigenvalue weighted by Gasteiger charge is 2.23.